The van der Waals surface area contributed by atoms with Crippen molar-refractivity contribution in [3.63, 3.8) is 0 Å². The summed E-state index contributed by atoms with van der Waals surface area (Å²) in [4.78, 5) is 19.2. The van der Waals surface area contributed by atoms with Crippen LogP contribution in [-0.4, -0.2) is 54.7 Å². The van der Waals surface area contributed by atoms with Crippen LogP contribution in [0.3, 0.4) is 0 Å². The second-order valence-electron chi connectivity index (χ2n) is 11.7. The summed E-state index contributed by atoms with van der Waals surface area (Å²) in [6, 6.07) is 10.3. The molecule has 2 aliphatic rings. The Balaban J connectivity index is 1.41. The summed E-state index contributed by atoms with van der Waals surface area (Å²) in [5.74, 6) is 1.87. The zero-order valence-electron chi connectivity index (χ0n) is 23.1. The van der Waals surface area contributed by atoms with Crippen LogP contribution >= 0.6 is 0 Å². The van der Waals surface area contributed by atoms with E-state index in [1.807, 2.05) is 39.0 Å². The summed E-state index contributed by atoms with van der Waals surface area (Å²) in [5, 5.41) is 17.4. The number of anilines is 2. The second kappa shape index (κ2) is 11.0. The number of likely N-dealkylation sites (tertiary alicyclic amines) is 1. The molecule has 3 heterocycles. The van der Waals surface area contributed by atoms with Gasteiger partial charge in [-0.3, -0.25) is 4.21 Å². The molecule has 39 heavy (non-hydrogen) atoms. The highest BCUT2D eigenvalue weighted by atomic mass is 32.2. The molecular weight excluding hydrogens is 512 g/mol. The van der Waals surface area contributed by atoms with Crippen LogP contribution in [0.15, 0.2) is 30.5 Å². The molecule has 3 aromatic rings. The van der Waals surface area contributed by atoms with Gasteiger partial charge >= 0.3 is 6.09 Å². The molecule has 2 fully saturated rings. The molecule has 1 aliphatic heterocycles. The summed E-state index contributed by atoms with van der Waals surface area (Å²) in [6.07, 6.45) is 8.15. The van der Waals surface area contributed by atoms with Crippen molar-refractivity contribution < 1.29 is 13.7 Å². The molecule has 2 unspecified atom stereocenters. The monoisotopic (exact) mass is 548 g/mol. The Morgan fingerprint density at radius 2 is 2.05 bits per heavy atom. The van der Waals surface area contributed by atoms with Gasteiger partial charge in [0.05, 0.1) is 6.20 Å². The van der Waals surface area contributed by atoms with Crippen LogP contribution in [0.1, 0.15) is 74.8 Å². The van der Waals surface area contributed by atoms with E-state index >= 15 is 0 Å². The number of piperidine rings is 1. The molecule has 2 atom stereocenters. The molecule has 9 nitrogen and oxygen atoms in total. The highest BCUT2D eigenvalue weighted by Gasteiger charge is 2.30. The van der Waals surface area contributed by atoms with Crippen LogP contribution in [0.25, 0.3) is 5.65 Å². The van der Waals surface area contributed by atoms with Gasteiger partial charge in [0.15, 0.2) is 5.65 Å². The molecule has 1 aromatic carbocycles. The number of carbonyl (C=O) groups is 1. The Kier molecular flexibility index (Phi) is 7.63. The van der Waals surface area contributed by atoms with Gasteiger partial charge in [-0.2, -0.15) is 10.4 Å². The number of ether oxygens (including phenoxy) is 1. The zero-order valence-corrected chi connectivity index (χ0v) is 23.9. The quantitative estimate of drug-likeness (QED) is 0.427. The number of nitriles is 1. The average molecular weight is 549 g/mol. The minimum absolute atomic E-state index is 0.142. The number of benzene rings is 1. The van der Waals surface area contributed by atoms with E-state index in [-0.39, 0.29) is 12.0 Å². The maximum absolute atomic E-state index is 12.7. The first kappa shape index (κ1) is 27.1. The summed E-state index contributed by atoms with van der Waals surface area (Å²) in [6.45, 7) is 6.88. The van der Waals surface area contributed by atoms with Crippen LogP contribution in [0.4, 0.5) is 16.3 Å². The number of nitrogens with zero attached hydrogens (tertiary/aromatic N) is 5. The summed E-state index contributed by atoms with van der Waals surface area (Å²) in [5.41, 5.74) is 4.44. The molecule has 0 radical (unpaired) electrons. The number of amides is 1. The van der Waals surface area contributed by atoms with E-state index in [1.165, 1.54) is 12.8 Å². The van der Waals surface area contributed by atoms with E-state index in [4.69, 9.17) is 9.72 Å². The van der Waals surface area contributed by atoms with Gasteiger partial charge in [-0.15, -0.1) is 0 Å². The Morgan fingerprint density at radius 1 is 1.26 bits per heavy atom. The van der Waals surface area contributed by atoms with Gasteiger partial charge in [0.2, 0.25) is 0 Å². The number of carbonyl (C=O) groups excluding carboxylic acids is 1. The van der Waals surface area contributed by atoms with Crippen LogP contribution in [-0.2, 0) is 27.7 Å². The standard InChI is InChI=1S/C29H36N6O3S/c1-29(2,3)38-28(36)34-11-5-6-20(17-34)25-10-9-23(13-21(25)18-39(4)37)32-26-14-24(12-19-7-8-19)35-27(33-26)22(15-30)16-31-35/h9-10,13-14,16,19-20H,5-8,11-12,17-18H2,1-4H3,(H,32,33). The van der Waals surface area contributed by atoms with Gasteiger partial charge in [-0.05, 0) is 82.1 Å². The predicted octanol–water partition coefficient (Wildman–Crippen LogP) is 5.29. The fourth-order valence-corrected chi connectivity index (χ4v) is 5.92. The first-order valence-corrected chi connectivity index (χ1v) is 15.3. The van der Waals surface area contributed by atoms with Gasteiger partial charge in [0, 0.05) is 59.3 Å². The number of nitrogens with one attached hydrogen (secondary N) is 1. The molecule has 10 heteroatoms. The van der Waals surface area contributed by atoms with Crippen molar-refractivity contribution in [2.45, 2.75) is 70.1 Å². The third-order valence-corrected chi connectivity index (χ3v) is 7.87. The van der Waals surface area contributed by atoms with E-state index in [1.54, 1.807) is 21.9 Å². The van der Waals surface area contributed by atoms with Crippen molar-refractivity contribution >= 4 is 34.0 Å². The highest BCUT2D eigenvalue weighted by Crippen LogP contribution is 2.35. The Hall–Kier alpha value is -3.45. The lowest BCUT2D eigenvalue weighted by Gasteiger charge is -2.35. The maximum Gasteiger partial charge on any atom is 0.410 e. The summed E-state index contributed by atoms with van der Waals surface area (Å²) in [7, 11) is -1.03. The van der Waals surface area contributed by atoms with Crippen molar-refractivity contribution in [3.8, 4) is 6.07 Å². The largest absolute Gasteiger partial charge is 0.444 e. The minimum Gasteiger partial charge on any atom is -0.444 e. The first-order valence-electron chi connectivity index (χ1n) is 13.5. The van der Waals surface area contributed by atoms with E-state index in [9.17, 15) is 14.3 Å². The molecule has 206 valence electrons. The lowest BCUT2D eigenvalue weighted by atomic mass is 9.88. The van der Waals surface area contributed by atoms with Crippen molar-refractivity contribution in [1.29, 1.82) is 5.26 Å². The fourth-order valence-electron chi connectivity index (χ4n) is 5.23. The van der Waals surface area contributed by atoms with Gasteiger partial charge in [0.25, 0.3) is 0 Å². The smallest absolute Gasteiger partial charge is 0.410 e. The third-order valence-electron chi connectivity index (χ3n) is 7.15. The summed E-state index contributed by atoms with van der Waals surface area (Å²) >= 11 is 0. The SMILES string of the molecule is CS(=O)Cc1cc(Nc2cc(CC3CC3)n3ncc(C#N)c3n2)ccc1C1CCCN(C(=O)OC(C)(C)C)C1. The fraction of sp³-hybridized carbons (Fsp3) is 0.517. The van der Waals surface area contributed by atoms with E-state index < -0.39 is 16.4 Å². The average Bonchev–Trinajstić information content (AvgIpc) is 3.59. The normalized spacial score (nSPS) is 18.5. The van der Waals surface area contributed by atoms with Gasteiger partial charge in [0.1, 0.15) is 23.1 Å². The van der Waals surface area contributed by atoms with Gasteiger partial charge < -0.3 is 15.0 Å². The second-order valence-corrected chi connectivity index (χ2v) is 13.1. The maximum atomic E-state index is 12.7. The Morgan fingerprint density at radius 3 is 2.74 bits per heavy atom. The van der Waals surface area contributed by atoms with Crippen LogP contribution in [0.2, 0.25) is 0 Å². The minimum atomic E-state index is -1.03. The lowest BCUT2D eigenvalue weighted by molar-refractivity contribution is 0.0198. The lowest BCUT2D eigenvalue weighted by Crippen LogP contribution is -2.42. The van der Waals surface area contributed by atoms with Crippen molar-refractivity contribution in [1.82, 2.24) is 19.5 Å². The van der Waals surface area contributed by atoms with Crippen molar-refractivity contribution in [3.05, 3.63) is 52.8 Å². The predicted molar refractivity (Wildman–Crippen MR) is 151 cm³/mol. The van der Waals surface area contributed by atoms with Crippen LogP contribution in [0, 0.1) is 17.2 Å². The van der Waals surface area contributed by atoms with Crippen molar-refractivity contribution in [2.75, 3.05) is 24.7 Å². The number of aromatic nitrogens is 3. The molecule has 0 bridgehead atoms. The third kappa shape index (κ3) is 6.59. The molecule has 1 N–H and O–H groups in total. The molecule has 5 rings (SSSR count). The number of rotatable bonds is 7. The number of hydrogen-bond acceptors (Lipinski definition) is 7. The highest BCUT2D eigenvalue weighted by molar-refractivity contribution is 7.83. The van der Waals surface area contributed by atoms with E-state index in [0.717, 1.165) is 41.8 Å². The first-order chi connectivity index (χ1) is 18.6. The van der Waals surface area contributed by atoms with Gasteiger partial charge in [-0.1, -0.05) is 6.07 Å². The molecule has 2 aromatic heterocycles. The Labute approximate surface area is 232 Å². The van der Waals surface area contributed by atoms with E-state index in [0.29, 0.717) is 41.8 Å². The zero-order chi connectivity index (χ0) is 27.7. The molecule has 1 amide bonds. The Bertz CT molecular complexity index is 1450. The van der Waals surface area contributed by atoms with Crippen molar-refractivity contribution in [2.24, 2.45) is 5.92 Å². The van der Waals surface area contributed by atoms with Gasteiger partial charge in [-0.25, -0.2) is 14.3 Å². The number of hydrogen-bond donors (Lipinski definition) is 1. The van der Waals surface area contributed by atoms with E-state index in [2.05, 4.69) is 22.6 Å². The molecule has 0 spiro atoms. The topological polar surface area (TPSA) is 113 Å². The molecular formula is C29H36N6O3S. The van der Waals surface area contributed by atoms with Crippen LogP contribution in [0.5, 0.6) is 0 Å². The molecule has 1 saturated carbocycles. The van der Waals surface area contributed by atoms with Crippen LogP contribution < -0.4 is 5.32 Å². The molecule has 1 aliphatic carbocycles. The number of fused-ring (bicyclic) bond motifs is 1. The summed E-state index contributed by atoms with van der Waals surface area (Å²) < 4.78 is 19.7. The molecule has 1 saturated heterocycles.